The number of aromatic nitrogens is 2. The van der Waals surface area contributed by atoms with Crippen molar-refractivity contribution in [3.8, 4) is 5.69 Å². The monoisotopic (exact) mass is 450 g/mol. The highest BCUT2D eigenvalue weighted by atomic mass is 35.5. The van der Waals surface area contributed by atoms with E-state index in [1.807, 2.05) is 24.5 Å². The maximum atomic E-state index is 6.12. The maximum Gasteiger partial charge on any atom is 0.0715 e. The van der Waals surface area contributed by atoms with Gasteiger partial charge in [-0.15, -0.1) is 0 Å². The number of halogens is 1. The molecule has 5 rings (SSSR count). The molecule has 2 aliphatic heterocycles. The number of fused-ring (bicyclic) bond motifs is 1. The Bertz CT molecular complexity index is 1030. The van der Waals surface area contributed by atoms with Crippen LogP contribution in [0.1, 0.15) is 51.0 Å². The number of rotatable bonds is 5. The van der Waals surface area contributed by atoms with Gasteiger partial charge in [-0.25, -0.2) is 0 Å². The van der Waals surface area contributed by atoms with Gasteiger partial charge >= 0.3 is 0 Å². The van der Waals surface area contributed by atoms with Gasteiger partial charge in [-0.1, -0.05) is 11.6 Å². The van der Waals surface area contributed by atoms with Crippen LogP contribution in [0.4, 0.5) is 0 Å². The van der Waals surface area contributed by atoms with E-state index in [1.54, 1.807) is 0 Å². The van der Waals surface area contributed by atoms with Crippen LogP contribution >= 0.6 is 11.6 Å². The number of hydrogen-bond acceptors (Lipinski definition) is 3. The van der Waals surface area contributed by atoms with Gasteiger partial charge in [-0.2, -0.15) is 0 Å². The molecule has 2 aromatic heterocycles. The van der Waals surface area contributed by atoms with Gasteiger partial charge in [0, 0.05) is 41.1 Å². The average Bonchev–Trinajstić information content (AvgIpc) is 3.20. The van der Waals surface area contributed by atoms with Gasteiger partial charge in [-0.05, 0) is 113 Å². The molecular formula is C27H35ClN4. The third kappa shape index (κ3) is 4.59. The Kier molecular flexibility index (Phi) is 6.54. The molecule has 0 amide bonds. The van der Waals surface area contributed by atoms with Crippen molar-refractivity contribution in [2.45, 2.75) is 51.5 Å². The van der Waals surface area contributed by atoms with Crippen molar-refractivity contribution in [2.24, 2.45) is 5.92 Å². The lowest BCUT2D eigenvalue weighted by Crippen LogP contribution is -2.43. The minimum Gasteiger partial charge on any atom is -0.315 e. The van der Waals surface area contributed by atoms with Crippen molar-refractivity contribution >= 4 is 22.5 Å². The van der Waals surface area contributed by atoms with Crippen LogP contribution in [0.15, 0.2) is 48.9 Å². The van der Waals surface area contributed by atoms with E-state index < -0.39 is 0 Å². The third-order valence-electron chi connectivity index (χ3n) is 7.67. The lowest BCUT2D eigenvalue weighted by molar-refractivity contribution is 0.111. The molecule has 0 radical (unpaired) electrons. The van der Waals surface area contributed by atoms with E-state index in [1.165, 1.54) is 74.9 Å². The summed E-state index contributed by atoms with van der Waals surface area (Å²) in [6, 6.07) is 11.0. The molecule has 1 aromatic carbocycles. The number of likely N-dealkylation sites (tertiary alicyclic amines) is 2. The summed E-state index contributed by atoms with van der Waals surface area (Å²) >= 11 is 6.12. The van der Waals surface area contributed by atoms with Crippen LogP contribution in [0, 0.1) is 5.92 Å². The molecule has 0 atom stereocenters. The molecule has 0 spiro atoms. The zero-order chi connectivity index (χ0) is 22.1. The van der Waals surface area contributed by atoms with Crippen LogP contribution in [0.2, 0.25) is 5.02 Å². The lowest BCUT2D eigenvalue weighted by Gasteiger charge is -2.38. The Hall–Kier alpha value is -1.88. The van der Waals surface area contributed by atoms with Gasteiger partial charge in [0.1, 0.15) is 0 Å². The summed E-state index contributed by atoms with van der Waals surface area (Å²) < 4.78 is 2.28. The summed E-state index contributed by atoms with van der Waals surface area (Å²) in [4.78, 5) is 9.77. The normalized spacial score (nSPS) is 19.9. The summed E-state index contributed by atoms with van der Waals surface area (Å²) in [5, 5.41) is 2.11. The van der Waals surface area contributed by atoms with Gasteiger partial charge < -0.3 is 14.4 Å². The highest BCUT2D eigenvalue weighted by Crippen LogP contribution is 2.36. The second-order valence-corrected chi connectivity index (χ2v) is 10.4. The first-order valence-electron chi connectivity index (χ1n) is 12.3. The molecule has 4 nitrogen and oxygen atoms in total. The zero-order valence-corrected chi connectivity index (χ0v) is 20.1. The first-order chi connectivity index (χ1) is 15.6. The van der Waals surface area contributed by atoms with Crippen LogP contribution < -0.4 is 0 Å². The van der Waals surface area contributed by atoms with E-state index in [4.69, 9.17) is 11.6 Å². The largest absolute Gasteiger partial charge is 0.315 e. The van der Waals surface area contributed by atoms with Gasteiger partial charge in [-0.3, -0.25) is 4.98 Å². The van der Waals surface area contributed by atoms with E-state index in [-0.39, 0.29) is 0 Å². The Morgan fingerprint density at radius 2 is 1.69 bits per heavy atom. The van der Waals surface area contributed by atoms with Crippen molar-refractivity contribution < 1.29 is 0 Å². The standard InChI is InChI=1S/C27H35ClN4/c1-20(2)31-15-8-21(9-16-31)18-30-13-10-22(11-14-30)26-19-32(24-5-3-23(28)4-6-24)27-17-29-12-7-25(26)27/h3-7,12,17,19-22H,8-11,13-16,18H2,1-2H3. The molecule has 2 saturated heterocycles. The van der Waals surface area contributed by atoms with E-state index in [2.05, 4.69) is 57.6 Å². The van der Waals surface area contributed by atoms with Gasteiger partial charge in [0.2, 0.25) is 0 Å². The van der Waals surface area contributed by atoms with Gasteiger partial charge in [0.25, 0.3) is 0 Å². The molecule has 5 heteroatoms. The van der Waals surface area contributed by atoms with E-state index in [9.17, 15) is 0 Å². The lowest BCUT2D eigenvalue weighted by atomic mass is 9.88. The highest BCUT2D eigenvalue weighted by molar-refractivity contribution is 6.30. The van der Waals surface area contributed by atoms with Gasteiger partial charge in [0.15, 0.2) is 0 Å². The zero-order valence-electron chi connectivity index (χ0n) is 19.4. The molecule has 0 N–H and O–H groups in total. The third-order valence-corrected chi connectivity index (χ3v) is 7.92. The van der Waals surface area contributed by atoms with Crippen LogP contribution in [0.5, 0.6) is 0 Å². The van der Waals surface area contributed by atoms with Crippen LogP contribution in [0.3, 0.4) is 0 Å². The fraction of sp³-hybridized carbons (Fsp3) is 0.519. The van der Waals surface area contributed by atoms with E-state index in [0.717, 1.165) is 16.6 Å². The average molecular weight is 451 g/mol. The summed E-state index contributed by atoms with van der Waals surface area (Å²) in [6.45, 7) is 10.9. The molecule has 2 fully saturated rings. The fourth-order valence-corrected chi connectivity index (χ4v) is 5.81. The Labute approximate surface area is 197 Å². The predicted octanol–water partition coefficient (Wildman–Crippen LogP) is 5.98. The summed E-state index contributed by atoms with van der Waals surface area (Å²) in [6.07, 6.45) is 11.5. The maximum absolute atomic E-state index is 6.12. The van der Waals surface area contributed by atoms with Crippen molar-refractivity contribution in [1.82, 2.24) is 19.4 Å². The quantitative estimate of drug-likeness (QED) is 0.478. The van der Waals surface area contributed by atoms with E-state index >= 15 is 0 Å². The van der Waals surface area contributed by atoms with Crippen molar-refractivity contribution in [3.05, 3.63) is 59.5 Å². The number of piperidine rings is 2. The molecule has 0 bridgehead atoms. The smallest absolute Gasteiger partial charge is 0.0715 e. The number of benzene rings is 1. The van der Waals surface area contributed by atoms with E-state index in [0.29, 0.717) is 12.0 Å². The van der Waals surface area contributed by atoms with Crippen LogP contribution in [-0.4, -0.2) is 58.1 Å². The molecule has 0 unspecified atom stereocenters. The van der Waals surface area contributed by atoms with Crippen molar-refractivity contribution in [3.63, 3.8) is 0 Å². The van der Waals surface area contributed by atoms with Crippen LogP contribution in [0.25, 0.3) is 16.6 Å². The Morgan fingerprint density at radius 1 is 0.969 bits per heavy atom. The van der Waals surface area contributed by atoms with Crippen molar-refractivity contribution in [2.75, 3.05) is 32.7 Å². The highest BCUT2D eigenvalue weighted by Gasteiger charge is 2.27. The van der Waals surface area contributed by atoms with Crippen LogP contribution in [-0.2, 0) is 0 Å². The minimum absolute atomic E-state index is 0.618. The second-order valence-electron chi connectivity index (χ2n) is 9.97. The molecule has 4 heterocycles. The second kappa shape index (κ2) is 9.54. The number of hydrogen-bond donors (Lipinski definition) is 0. The molecule has 0 saturated carbocycles. The summed E-state index contributed by atoms with van der Waals surface area (Å²) in [5.41, 5.74) is 3.80. The van der Waals surface area contributed by atoms with Crippen molar-refractivity contribution in [1.29, 1.82) is 0 Å². The minimum atomic E-state index is 0.618. The Morgan fingerprint density at radius 3 is 2.38 bits per heavy atom. The predicted molar refractivity (Wildman–Crippen MR) is 134 cm³/mol. The summed E-state index contributed by atoms with van der Waals surface area (Å²) in [5.74, 6) is 1.49. The first kappa shape index (κ1) is 21.9. The Balaban J connectivity index is 1.26. The molecule has 2 aliphatic rings. The summed E-state index contributed by atoms with van der Waals surface area (Å²) in [7, 11) is 0. The number of nitrogens with zero attached hydrogens (tertiary/aromatic N) is 4. The molecule has 32 heavy (non-hydrogen) atoms. The molecule has 3 aromatic rings. The first-order valence-corrected chi connectivity index (χ1v) is 12.6. The topological polar surface area (TPSA) is 24.3 Å². The van der Waals surface area contributed by atoms with Gasteiger partial charge in [0.05, 0.1) is 11.7 Å². The molecular weight excluding hydrogens is 416 g/mol. The molecule has 0 aliphatic carbocycles. The molecule has 170 valence electrons. The fourth-order valence-electron chi connectivity index (χ4n) is 5.68. The SMILES string of the molecule is CC(C)N1CCC(CN2CCC(c3cn(-c4ccc(Cl)cc4)c4cnccc34)CC2)CC1. The number of pyridine rings is 1.